The van der Waals surface area contributed by atoms with Gasteiger partial charge in [-0.15, -0.1) is 0 Å². The van der Waals surface area contributed by atoms with E-state index in [1.807, 2.05) is 25.7 Å². The fraction of sp³-hybridized carbons (Fsp3) is 0.632. The van der Waals surface area contributed by atoms with E-state index in [4.69, 9.17) is 4.74 Å². The summed E-state index contributed by atoms with van der Waals surface area (Å²) in [6.45, 7) is 8.40. The van der Waals surface area contributed by atoms with Crippen LogP contribution in [0.25, 0.3) is 0 Å². The molecular weight excluding hydrogens is 288 g/mol. The Morgan fingerprint density at radius 2 is 1.78 bits per heavy atom. The van der Waals surface area contributed by atoms with Crippen LogP contribution in [0.5, 0.6) is 0 Å². The van der Waals surface area contributed by atoms with E-state index in [9.17, 15) is 4.79 Å². The number of fused-ring (bicyclic) bond motifs is 1. The second-order valence-corrected chi connectivity index (χ2v) is 7.94. The van der Waals surface area contributed by atoms with Gasteiger partial charge < -0.3 is 15.0 Å². The van der Waals surface area contributed by atoms with E-state index in [-0.39, 0.29) is 6.09 Å². The third-order valence-corrected chi connectivity index (χ3v) is 4.84. The first-order valence-corrected chi connectivity index (χ1v) is 8.66. The van der Waals surface area contributed by atoms with Crippen LogP contribution in [0.2, 0.25) is 0 Å². The van der Waals surface area contributed by atoms with Crippen molar-refractivity contribution in [3.8, 4) is 0 Å². The molecule has 0 radical (unpaired) electrons. The lowest BCUT2D eigenvalue weighted by Crippen LogP contribution is -2.37. The third kappa shape index (κ3) is 4.25. The lowest BCUT2D eigenvalue weighted by atomic mass is 10.0. The number of hydrogen-bond acceptors (Lipinski definition) is 3. The molecule has 3 rings (SSSR count). The molecule has 1 saturated carbocycles. The van der Waals surface area contributed by atoms with Crippen LogP contribution in [0, 0.1) is 11.8 Å². The van der Waals surface area contributed by atoms with E-state index in [1.165, 1.54) is 5.56 Å². The molecule has 23 heavy (non-hydrogen) atoms. The van der Waals surface area contributed by atoms with Crippen LogP contribution in [0.4, 0.5) is 4.79 Å². The lowest BCUT2D eigenvalue weighted by Gasteiger charge is -2.25. The Morgan fingerprint density at radius 1 is 1.17 bits per heavy atom. The highest BCUT2D eigenvalue weighted by Crippen LogP contribution is 2.38. The number of nitrogens with zero attached hydrogens (tertiary/aromatic N) is 1. The number of ether oxygens (including phenoxy) is 1. The molecule has 1 aromatic rings. The molecule has 1 heterocycles. The molecule has 1 saturated heterocycles. The molecule has 1 aliphatic heterocycles. The van der Waals surface area contributed by atoms with Crippen molar-refractivity contribution in [3.05, 3.63) is 35.9 Å². The summed E-state index contributed by atoms with van der Waals surface area (Å²) in [4.78, 5) is 14.1. The van der Waals surface area contributed by atoms with Gasteiger partial charge in [-0.1, -0.05) is 30.3 Å². The Hall–Kier alpha value is -1.55. The first kappa shape index (κ1) is 16.3. The number of rotatable bonds is 3. The molecular formula is C19H28N2O2. The number of nitrogens with one attached hydrogen (secondary N) is 1. The topological polar surface area (TPSA) is 41.6 Å². The minimum atomic E-state index is -0.408. The normalized spacial score (nSPS) is 27.1. The zero-order valence-electron chi connectivity index (χ0n) is 14.4. The standard InChI is InChI=1S/C19H28N2O2/c1-19(2,3)23-18(22)21-12-15-9-17(10-16(15)13-21)20-11-14-7-5-4-6-8-14/h4-8,15-17,20H,9-13H2,1-3H3/t15-,16+,17?. The molecule has 2 aliphatic rings. The number of carbonyl (C=O) groups is 1. The smallest absolute Gasteiger partial charge is 0.410 e. The van der Waals surface area contributed by atoms with Crippen molar-refractivity contribution in [2.45, 2.75) is 51.8 Å². The van der Waals surface area contributed by atoms with Crippen molar-refractivity contribution in [1.82, 2.24) is 10.2 Å². The summed E-state index contributed by atoms with van der Waals surface area (Å²) < 4.78 is 5.49. The van der Waals surface area contributed by atoms with Crippen molar-refractivity contribution in [2.24, 2.45) is 11.8 Å². The second-order valence-electron chi connectivity index (χ2n) is 7.94. The van der Waals surface area contributed by atoms with E-state index in [0.717, 1.165) is 32.5 Å². The highest BCUT2D eigenvalue weighted by Gasteiger charge is 2.43. The quantitative estimate of drug-likeness (QED) is 0.929. The average molecular weight is 316 g/mol. The van der Waals surface area contributed by atoms with E-state index < -0.39 is 5.60 Å². The van der Waals surface area contributed by atoms with E-state index in [0.29, 0.717) is 17.9 Å². The Balaban J connectivity index is 1.45. The molecule has 0 bridgehead atoms. The third-order valence-electron chi connectivity index (χ3n) is 4.84. The summed E-state index contributed by atoms with van der Waals surface area (Å²) in [6.07, 6.45) is 2.17. The average Bonchev–Trinajstić information content (AvgIpc) is 3.02. The van der Waals surface area contributed by atoms with Gasteiger partial charge in [0.2, 0.25) is 0 Å². The lowest BCUT2D eigenvalue weighted by molar-refractivity contribution is 0.0279. The Morgan fingerprint density at radius 3 is 2.35 bits per heavy atom. The van der Waals surface area contributed by atoms with Crippen LogP contribution in [0.1, 0.15) is 39.2 Å². The van der Waals surface area contributed by atoms with Crippen LogP contribution in [0.3, 0.4) is 0 Å². The van der Waals surface area contributed by atoms with E-state index in [2.05, 4.69) is 35.6 Å². The highest BCUT2D eigenvalue weighted by atomic mass is 16.6. The van der Waals surface area contributed by atoms with Gasteiger partial charge in [-0.3, -0.25) is 0 Å². The van der Waals surface area contributed by atoms with Crippen molar-refractivity contribution >= 4 is 6.09 Å². The number of likely N-dealkylation sites (tertiary alicyclic amines) is 1. The predicted octanol–water partition coefficient (Wildman–Crippen LogP) is 3.42. The summed E-state index contributed by atoms with van der Waals surface area (Å²) >= 11 is 0. The van der Waals surface area contributed by atoms with Gasteiger partial charge in [0.1, 0.15) is 5.60 Å². The van der Waals surface area contributed by atoms with Crippen molar-refractivity contribution < 1.29 is 9.53 Å². The van der Waals surface area contributed by atoms with Gasteiger partial charge in [0.15, 0.2) is 0 Å². The molecule has 0 aromatic heterocycles. The molecule has 1 amide bonds. The van der Waals surface area contributed by atoms with Gasteiger partial charge >= 0.3 is 6.09 Å². The maximum atomic E-state index is 12.2. The van der Waals surface area contributed by atoms with Crippen LogP contribution >= 0.6 is 0 Å². The predicted molar refractivity (Wildman–Crippen MR) is 91.1 cm³/mol. The Bertz CT molecular complexity index is 524. The molecule has 0 spiro atoms. The van der Waals surface area contributed by atoms with Crippen molar-refractivity contribution in [3.63, 3.8) is 0 Å². The number of hydrogen-bond donors (Lipinski definition) is 1. The van der Waals surface area contributed by atoms with Gasteiger partial charge in [-0.05, 0) is 51.0 Å². The summed E-state index contributed by atoms with van der Waals surface area (Å²) in [5.74, 6) is 1.24. The molecule has 4 nitrogen and oxygen atoms in total. The van der Waals surface area contributed by atoms with Gasteiger partial charge in [0, 0.05) is 25.7 Å². The zero-order valence-corrected chi connectivity index (χ0v) is 14.4. The Labute approximate surface area is 139 Å². The molecule has 4 heteroatoms. The van der Waals surface area contributed by atoms with Crippen LogP contribution < -0.4 is 5.32 Å². The number of benzene rings is 1. The molecule has 3 atom stereocenters. The largest absolute Gasteiger partial charge is 0.444 e. The maximum Gasteiger partial charge on any atom is 0.410 e. The van der Waals surface area contributed by atoms with E-state index >= 15 is 0 Å². The monoisotopic (exact) mass is 316 g/mol. The van der Waals surface area contributed by atoms with Crippen molar-refractivity contribution in [2.75, 3.05) is 13.1 Å². The molecule has 126 valence electrons. The minimum absolute atomic E-state index is 0.152. The molecule has 1 N–H and O–H groups in total. The molecule has 1 unspecified atom stereocenters. The first-order chi connectivity index (χ1) is 10.9. The van der Waals surface area contributed by atoms with Crippen LogP contribution in [0.15, 0.2) is 30.3 Å². The maximum absolute atomic E-state index is 12.2. The first-order valence-electron chi connectivity index (χ1n) is 8.66. The highest BCUT2D eigenvalue weighted by molar-refractivity contribution is 5.68. The van der Waals surface area contributed by atoms with Crippen LogP contribution in [-0.2, 0) is 11.3 Å². The summed E-state index contributed by atoms with van der Waals surface area (Å²) in [6, 6.07) is 11.1. The summed E-state index contributed by atoms with van der Waals surface area (Å²) in [5, 5.41) is 3.67. The molecule has 1 aromatic carbocycles. The second kappa shape index (κ2) is 6.52. The van der Waals surface area contributed by atoms with E-state index in [1.54, 1.807) is 0 Å². The van der Waals surface area contributed by atoms with Gasteiger partial charge in [0.25, 0.3) is 0 Å². The minimum Gasteiger partial charge on any atom is -0.444 e. The zero-order chi connectivity index (χ0) is 16.4. The summed E-state index contributed by atoms with van der Waals surface area (Å²) in [5.41, 5.74) is 0.925. The fourth-order valence-corrected chi connectivity index (χ4v) is 3.80. The van der Waals surface area contributed by atoms with Gasteiger partial charge in [-0.2, -0.15) is 0 Å². The van der Waals surface area contributed by atoms with Crippen molar-refractivity contribution in [1.29, 1.82) is 0 Å². The number of amides is 1. The van der Waals surface area contributed by atoms with Crippen LogP contribution in [-0.4, -0.2) is 35.7 Å². The summed E-state index contributed by atoms with van der Waals surface area (Å²) in [7, 11) is 0. The fourth-order valence-electron chi connectivity index (χ4n) is 3.80. The Kier molecular flexibility index (Phi) is 4.62. The van der Waals surface area contributed by atoms with Gasteiger partial charge in [0.05, 0.1) is 0 Å². The number of carbonyl (C=O) groups excluding carboxylic acids is 1. The van der Waals surface area contributed by atoms with Gasteiger partial charge in [-0.25, -0.2) is 4.79 Å². The molecule has 1 aliphatic carbocycles. The SMILES string of the molecule is CC(C)(C)OC(=O)N1C[C@H]2CC(NCc3ccccc3)C[C@H]2C1. The molecule has 2 fully saturated rings.